The molecule has 288 valence electrons. The first kappa shape index (κ1) is 37.8. The summed E-state index contributed by atoms with van der Waals surface area (Å²) in [5.41, 5.74) is 4.97. The van der Waals surface area contributed by atoms with E-state index in [1.807, 2.05) is 62.4 Å². The van der Waals surface area contributed by atoms with Crippen molar-refractivity contribution in [3.63, 3.8) is 0 Å². The topological polar surface area (TPSA) is 106 Å². The molecule has 3 aromatic carbocycles. The van der Waals surface area contributed by atoms with Crippen molar-refractivity contribution in [2.75, 3.05) is 46.4 Å². The molecule has 2 fully saturated rings. The van der Waals surface area contributed by atoms with Crippen LogP contribution in [0.5, 0.6) is 23.1 Å². The standard InChI is InChI=1S/C42H44Cl2N4O6S/c1-24-33-25(2)37(44)38(36(24)43)53-30(20-48-16-14-47(3)15-17-48)22-51-29-12-13-31(52-21-26-8-5-4-6-9-26)28(18-29)19-32(42(49)50)54-40-35-34(33)39(27-10-7-11-27)55-41(35)46-23-45-40/h4-6,8-9,12-13,18,23,27,30,32H,7,10-11,14-17,19-22H2,1-3H3,(H,49,50)/t30-,32-/m1/s1. The predicted octanol–water partition coefficient (Wildman–Crippen LogP) is 8.59. The van der Waals surface area contributed by atoms with Crippen LogP contribution in [0.4, 0.5) is 0 Å². The van der Waals surface area contributed by atoms with Gasteiger partial charge in [-0.05, 0) is 80.1 Å². The number of carboxylic acids is 1. The Labute approximate surface area is 334 Å². The number of ether oxygens (including phenoxy) is 4. The molecule has 3 aliphatic heterocycles. The van der Waals surface area contributed by atoms with Gasteiger partial charge in [-0.1, -0.05) is 60.0 Å². The van der Waals surface area contributed by atoms with Crippen molar-refractivity contribution >= 4 is 50.7 Å². The SMILES string of the molecule is Cc1c(Cl)c2c(Cl)c(C)c1-c1c(C3CCC3)sc3ncnc(c13)O[C@@H](C(=O)O)Cc1cc(ccc1OCc1ccccc1)OC[C@@H](CN1CCN(C)CC1)O2. The number of carbonyl (C=O) groups is 1. The van der Waals surface area contributed by atoms with Crippen LogP contribution >= 0.6 is 34.5 Å². The van der Waals surface area contributed by atoms with E-state index in [1.54, 1.807) is 11.3 Å². The number of halogens is 2. The largest absolute Gasteiger partial charge is 0.490 e. The van der Waals surface area contributed by atoms with Gasteiger partial charge in [0.2, 0.25) is 12.0 Å². The Morgan fingerprint density at radius 1 is 0.982 bits per heavy atom. The smallest absolute Gasteiger partial charge is 0.345 e. The molecule has 5 heterocycles. The van der Waals surface area contributed by atoms with Crippen molar-refractivity contribution in [2.24, 2.45) is 0 Å². The van der Waals surface area contributed by atoms with Gasteiger partial charge in [-0.15, -0.1) is 11.3 Å². The molecule has 2 aromatic heterocycles. The molecule has 4 aliphatic rings. The lowest BCUT2D eigenvalue weighted by Gasteiger charge is -2.35. The summed E-state index contributed by atoms with van der Waals surface area (Å²) in [7, 11) is 2.13. The molecular formula is C42H44Cl2N4O6S. The molecule has 0 spiro atoms. The number of likely N-dealkylation sites (N-methyl/N-ethyl adjacent to an activating group) is 1. The average Bonchev–Trinajstić information content (AvgIpc) is 3.53. The molecule has 1 N–H and O–H groups in total. The molecular weight excluding hydrogens is 759 g/mol. The highest BCUT2D eigenvalue weighted by Gasteiger charge is 2.34. The highest BCUT2D eigenvalue weighted by atomic mass is 35.5. The molecule has 4 bridgehead atoms. The molecule has 2 atom stereocenters. The van der Waals surface area contributed by atoms with Gasteiger partial charge in [-0.2, -0.15) is 0 Å². The molecule has 1 saturated carbocycles. The summed E-state index contributed by atoms with van der Waals surface area (Å²) in [6.07, 6.45) is 2.89. The monoisotopic (exact) mass is 802 g/mol. The molecule has 0 amide bonds. The van der Waals surface area contributed by atoms with Crippen LogP contribution < -0.4 is 18.9 Å². The Hall–Kier alpha value is -4.13. The number of piperazine rings is 1. The summed E-state index contributed by atoms with van der Waals surface area (Å²) in [5.74, 6) is 0.865. The summed E-state index contributed by atoms with van der Waals surface area (Å²) in [5, 5.41) is 12.2. The molecule has 55 heavy (non-hydrogen) atoms. The molecule has 0 unspecified atom stereocenters. The fraction of sp³-hybridized carbons (Fsp3) is 0.405. The number of aliphatic carboxylic acids is 1. The second kappa shape index (κ2) is 16.2. The van der Waals surface area contributed by atoms with Crippen LogP contribution in [0.1, 0.15) is 52.3 Å². The summed E-state index contributed by atoms with van der Waals surface area (Å²) in [6, 6.07) is 15.3. The van der Waals surface area contributed by atoms with E-state index in [2.05, 4.69) is 26.8 Å². The second-order valence-electron chi connectivity index (χ2n) is 14.8. The normalized spacial score (nSPS) is 19.6. The van der Waals surface area contributed by atoms with Crippen molar-refractivity contribution in [2.45, 2.75) is 64.3 Å². The van der Waals surface area contributed by atoms with Gasteiger partial charge in [0.15, 0.2) is 5.75 Å². The maximum absolute atomic E-state index is 13.1. The van der Waals surface area contributed by atoms with Gasteiger partial charge in [0, 0.05) is 55.1 Å². The van der Waals surface area contributed by atoms with Crippen LogP contribution in [0.15, 0.2) is 54.9 Å². The lowest BCUT2D eigenvalue weighted by molar-refractivity contribution is -0.145. The number of aromatic nitrogens is 2. The fourth-order valence-electron chi connectivity index (χ4n) is 7.63. The van der Waals surface area contributed by atoms with Crippen LogP contribution in [-0.2, 0) is 17.8 Å². The van der Waals surface area contributed by atoms with Crippen LogP contribution in [0.3, 0.4) is 0 Å². The highest BCUT2D eigenvalue weighted by molar-refractivity contribution is 7.19. The maximum Gasteiger partial charge on any atom is 0.345 e. The van der Waals surface area contributed by atoms with Crippen molar-refractivity contribution < 1.29 is 28.8 Å². The zero-order chi connectivity index (χ0) is 38.2. The number of hydrogen-bond donors (Lipinski definition) is 1. The van der Waals surface area contributed by atoms with E-state index in [0.717, 1.165) is 78.1 Å². The number of nitrogens with zero attached hydrogens (tertiary/aromatic N) is 4. The Morgan fingerprint density at radius 2 is 1.73 bits per heavy atom. The van der Waals surface area contributed by atoms with Gasteiger partial charge >= 0.3 is 5.97 Å². The van der Waals surface area contributed by atoms with Gasteiger partial charge in [-0.25, -0.2) is 14.8 Å². The number of rotatable bonds is 7. The van der Waals surface area contributed by atoms with Crippen LogP contribution in [-0.4, -0.2) is 89.4 Å². The van der Waals surface area contributed by atoms with Crippen LogP contribution in [0, 0.1) is 13.8 Å². The number of hydrogen-bond acceptors (Lipinski definition) is 10. The number of benzene rings is 3. The third-order valence-electron chi connectivity index (χ3n) is 11.0. The molecule has 0 radical (unpaired) electrons. The van der Waals surface area contributed by atoms with E-state index in [0.29, 0.717) is 62.1 Å². The molecule has 10 nitrogen and oxygen atoms in total. The first-order valence-corrected chi connectivity index (χ1v) is 20.4. The average molecular weight is 804 g/mol. The summed E-state index contributed by atoms with van der Waals surface area (Å²) in [4.78, 5) is 28.9. The van der Waals surface area contributed by atoms with Gasteiger partial charge in [0.25, 0.3) is 0 Å². The van der Waals surface area contributed by atoms with E-state index in [4.69, 9.17) is 42.1 Å². The van der Waals surface area contributed by atoms with E-state index < -0.39 is 18.2 Å². The van der Waals surface area contributed by atoms with Crippen LogP contribution in [0.2, 0.25) is 10.0 Å². The van der Waals surface area contributed by atoms with Crippen molar-refractivity contribution in [3.8, 4) is 34.3 Å². The molecule has 13 heteroatoms. The van der Waals surface area contributed by atoms with Crippen molar-refractivity contribution in [1.29, 1.82) is 0 Å². The number of fused-ring (bicyclic) bond motifs is 7. The Bertz CT molecular complexity index is 2180. The van der Waals surface area contributed by atoms with Crippen molar-refractivity contribution in [1.82, 2.24) is 19.8 Å². The van der Waals surface area contributed by atoms with Crippen LogP contribution in [0.25, 0.3) is 21.3 Å². The zero-order valence-electron chi connectivity index (χ0n) is 31.1. The first-order chi connectivity index (χ1) is 26.6. The minimum Gasteiger partial charge on any atom is -0.490 e. The van der Waals surface area contributed by atoms with Gasteiger partial charge < -0.3 is 29.0 Å². The molecule has 1 saturated heterocycles. The van der Waals surface area contributed by atoms with Gasteiger partial charge in [0.05, 0.1) is 15.4 Å². The maximum atomic E-state index is 13.1. The Balaban J connectivity index is 1.28. The number of thiophene rings is 1. The van der Waals surface area contributed by atoms with Crippen molar-refractivity contribution in [3.05, 3.63) is 92.0 Å². The quantitative estimate of drug-likeness (QED) is 0.172. The predicted molar refractivity (Wildman–Crippen MR) is 216 cm³/mol. The lowest BCUT2D eigenvalue weighted by Crippen LogP contribution is -2.49. The third-order valence-corrected chi connectivity index (χ3v) is 13.2. The Morgan fingerprint density at radius 3 is 2.42 bits per heavy atom. The first-order valence-electron chi connectivity index (χ1n) is 18.8. The second-order valence-corrected chi connectivity index (χ2v) is 16.5. The minimum atomic E-state index is -1.31. The summed E-state index contributed by atoms with van der Waals surface area (Å²) < 4.78 is 26.1. The number of carboxylic acid groups (broad SMARTS) is 1. The Kier molecular flexibility index (Phi) is 11.1. The molecule has 9 rings (SSSR count). The van der Waals surface area contributed by atoms with E-state index in [-0.39, 0.29) is 18.9 Å². The molecule has 5 aromatic rings. The minimum absolute atomic E-state index is 0.0116. The third kappa shape index (κ3) is 7.82. The van der Waals surface area contributed by atoms with Gasteiger partial charge in [-0.3, -0.25) is 4.90 Å². The van der Waals surface area contributed by atoms with E-state index in [9.17, 15) is 9.90 Å². The fourth-order valence-corrected chi connectivity index (χ4v) is 9.45. The summed E-state index contributed by atoms with van der Waals surface area (Å²) in [6.45, 7) is 8.74. The van der Waals surface area contributed by atoms with Gasteiger partial charge in [0.1, 0.15) is 42.0 Å². The van der Waals surface area contributed by atoms with E-state index >= 15 is 0 Å². The highest BCUT2D eigenvalue weighted by Crippen LogP contribution is 2.54. The lowest BCUT2D eigenvalue weighted by atomic mass is 9.80. The molecule has 1 aliphatic carbocycles. The van der Waals surface area contributed by atoms with E-state index in [1.165, 1.54) is 6.33 Å². The zero-order valence-corrected chi connectivity index (χ0v) is 33.5. The summed E-state index contributed by atoms with van der Waals surface area (Å²) >= 11 is 16.2.